The van der Waals surface area contributed by atoms with E-state index in [1.165, 1.54) is 57.6 Å². The Kier molecular flexibility index (Phi) is 16.8. The Balaban J connectivity index is 0.00000720. The van der Waals surface area contributed by atoms with Gasteiger partial charge in [-0.05, 0) is 101 Å². The molecule has 10 nitrogen and oxygen atoms in total. The van der Waals surface area contributed by atoms with Crippen molar-refractivity contribution >= 4 is 58.5 Å². The van der Waals surface area contributed by atoms with Crippen LogP contribution in [-0.2, 0) is 30.3 Å². The molecule has 0 amide bonds. The van der Waals surface area contributed by atoms with E-state index in [9.17, 15) is 14.4 Å². The number of nitrogens with zero attached hydrogens (tertiary/aromatic N) is 3. The Morgan fingerprint density at radius 1 is 0.955 bits per heavy atom. The fourth-order valence-electron chi connectivity index (χ4n) is 11.1. The summed E-state index contributed by atoms with van der Waals surface area (Å²) in [4.78, 5) is 58.3. The number of ether oxygens (including phenoxy) is 2. The molecule has 0 saturated carbocycles. The van der Waals surface area contributed by atoms with Gasteiger partial charge in [0, 0.05) is 23.1 Å². The minimum atomic E-state index is -1.19. The summed E-state index contributed by atoms with van der Waals surface area (Å²) in [5.41, 5.74) is 9.70. The van der Waals surface area contributed by atoms with Crippen molar-refractivity contribution < 1.29 is 33.8 Å². The van der Waals surface area contributed by atoms with E-state index in [-0.39, 0.29) is 59.7 Å². The Morgan fingerprint density at radius 3 is 2.29 bits per heavy atom. The third kappa shape index (κ3) is 10.2. The summed E-state index contributed by atoms with van der Waals surface area (Å²) in [5.74, 6) is -0.515. The van der Waals surface area contributed by atoms with Crippen molar-refractivity contribution in [1.29, 1.82) is 0 Å². The number of hydrogen-bond donors (Lipinski definition) is 1. The predicted molar refractivity (Wildman–Crippen MR) is 262 cm³/mol. The van der Waals surface area contributed by atoms with Crippen molar-refractivity contribution in [2.45, 2.75) is 158 Å². The summed E-state index contributed by atoms with van der Waals surface area (Å²) in [6, 6.07) is -0.619. The van der Waals surface area contributed by atoms with Crippen molar-refractivity contribution in [3.8, 4) is 0 Å². The standard InChI is InChI=1S/C55H74N4O6.Mg/c1-13-39-35(8)43-29-46-40(14-2)38(11)55(59(46)65-55)30-45-36(9)41(51(58-45)49-50(54(62)63-12)53(61)48-37(10)42(57-52(48)49)28-44(39)56-43)24-25-47(60)64-27-26-34(7)23-17-22-33(6)21-16-20-32(5)19-15-18-31(3)4;/h14,26,28-33,36,41,50-51H,2,13,15-25,27H2,1,3-12H3,(H,56,61);/q-2;+2/b34-26+,45-30-,46-29-;/t32-,33-,36+,41+,50-,51?,55-,59?;/m1./s1. The number of quaternary nitrogens is 1. The third-order valence-electron chi connectivity index (χ3n) is 15.3. The first-order valence-electron chi connectivity index (χ1n) is 24.6. The number of aromatic nitrogens is 2. The number of methoxy groups -OCH3 is 1. The molecule has 8 atom stereocenters. The van der Waals surface area contributed by atoms with Crippen molar-refractivity contribution in [1.82, 2.24) is 9.97 Å². The summed E-state index contributed by atoms with van der Waals surface area (Å²) in [6.45, 7) is 26.2. The van der Waals surface area contributed by atoms with Gasteiger partial charge in [0.15, 0.2) is 11.5 Å². The van der Waals surface area contributed by atoms with Crippen molar-refractivity contribution in [2.75, 3.05) is 13.7 Å². The molecule has 2 aromatic heterocycles. The topological polar surface area (TPSA) is 129 Å². The molecule has 2 unspecified atom stereocenters. The maximum Gasteiger partial charge on any atom is 2.00 e. The van der Waals surface area contributed by atoms with Crippen LogP contribution in [0.3, 0.4) is 0 Å². The van der Waals surface area contributed by atoms with E-state index in [1.807, 2.05) is 25.2 Å². The number of fused-ring (bicyclic) bond motifs is 6. The van der Waals surface area contributed by atoms with Crippen LogP contribution >= 0.6 is 0 Å². The normalized spacial score (nSPS) is 26.9. The number of hydrogen-bond acceptors (Lipinski definition) is 6. The minimum Gasteiger partial charge on any atom is -0.681 e. The maximum absolute atomic E-state index is 14.4. The van der Waals surface area contributed by atoms with Gasteiger partial charge < -0.3 is 24.8 Å². The fourth-order valence-corrected chi connectivity index (χ4v) is 11.1. The summed E-state index contributed by atoms with van der Waals surface area (Å²) in [6.07, 6.45) is 22.7. The monoisotopic (exact) mass is 911 g/mol. The van der Waals surface area contributed by atoms with Crippen molar-refractivity contribution in [3.63, 3.8) is 0 Å². The number of esters is 2. The van der Waals surface area contributed by atoms with Crippen molar-refractivity contribution in [3.05, 3.63) is 103 Å². The van der Waals surface area contributed by atoms with Crippen LogP contribution in [-0.4, -0.2) is 66.3 Å². The van der Waals surface area contributed by atoms with Crippen LogP contribution in [0.15, 0.2) is 52.9 Å². The Bertz CT molecular complexity index is 2450. The average Bonchev–Trinajstić information content (AvgIpc) is 3.38. The second-order valence-electron chi connectivity index (χ2n) is 20.3. The van der Waals surface area contributed by atoms with Gasteiger partial charge in [-0.25, -0.2) is 0 Å². The zero-order valence-electron chi connectivity index (χ0n) is 41.8. The van der Waals surface area contributed by atoms with Crippen LogP contribution in [0.1, 0.15) is 164 Å². The van der Waals surface area contributed by atoms with E-state index in [4.69, 9.17) is 29.6 Å². The smallest absolute Gasteiger partial charge is 0.681 e. The average molecular weight is 912 g/mol. The number of allylic oxidation sites excluding steroid dienone is 3. The van der Waals surface area contributed by atoms with Gasteiger partial charge in [-0.1, -0.05) is 139 Å². The molecule has 6 heterocycles. The molecule has 0 spiro atoms. The fraction of sp³-hybridized carbons (Fsp3) is 0.582. The molecule has 352 valence electrons. The first-order valence-corrected chi connectivity index (χ1v) is 24.6. The number of carbonyl (C=O) groups is 3. The van der Waals surface area contributed by atoms with E-state index in [0.29, 0.717) is 39.7 Å². The quantitative estimate of drug-likeness (QED) is 0.0462. The molecule has 66 heavy (non-hydrogen) atoms. The molecule has 8 bridgehead atoms. The molecule has 2 aromatic rings. The van der Waals surface area contributed by atoms with Gasteiger partial charge in [0.1, 0.15) is 12.5 Å². The van der Waals surface area contributed by atoms with Crippen LogP contribution in [0.25, 0.3) is 23.0 Å². The number of ketones is 1. The number of nitrogens with one attached hydrogen (secondary N) is 1. The van der Waals surface area contributed by atoms with Gasteiger partial charge in [0.05, 0.1) is 7.11 Å². The summed E-state index contributed by atoms with van der Waals surface area (Å²) >= 11 is 0. The SMILES string of the molecule is C=CC1=C(C)[C@]23/C=C4\[N-]C(C5=c6[n-]/c(c(C)c6C(=O)[C@@H]5C(=O)OC)=C\c5[n-]c(c(C)c5CC)/C=C/1[NH+]2O3)[C@@H](CCC(=O)OC/C=C(\C)CCC[C@H](C)CCC[C@H](C)CCCC(C)C)[C@@H]4C.[Mg+2]. The Labute approximate surface area is 410 Å². The molecule has 1 aliphatic carbocycles. The first kappa shape index (κ1) is 51.5. The van der Waals surface area contributed by atoms with Crippen LogP contribution in [0.2, 0.25) is 0 Å². The molecular weight excluding hydrogens is 837 g/mol. The van der Waals surface area contributed by atoms with Gasteiger partial charge in [0.2, 0.25) is 0 Å². The predicted octanol–water partition coefficient (Wildman–Crippen LogP) is 8.36. The second kappa shape index (κ2) is 21.6. The zero-order chi connectivity index (χ0) is 46.9. The van der Waals surface area contributed by atoms with Gasteiger partial charge in [-0.2, -0.15) is 5.70 Å². The van der Waals surface area contributed by atoms with E-state index in [2.05, 4.69) is 81.0 Å². The second-order valence-corrected chi connectivity index (χ2v) is 20.3. The van der Waals surface area contributed by atoms with E-state index >= 15 is 0 Å². The zero-order valence-corrected chi connectivity index (χ0v) is 43.2. The van der Waals surface area contributed by atoms with Gasteiger partial charge in [-0.3, -0.25) is 14.4 Å². The molecule has 5 aliphatic rings. The summed E-state index contributed by atoms with van der Waals surface area (Å²) < 4.78 is 11.1. The molecule has 1 N–H and O–H groups in total. The van der Waals surface area contributed by atoms with E-state index in [1.54, 1.807) is 0 Å². The van der Waals surface area contributed by atoms with Gasteiger partial charge >= 0.3 is 40.7 Å². The molecule has 11 heteroatoms. The van der Waals surface area contributed by atoms with Crippen molar-refractivity contribution in [2.24, 2.45) is 35.5 Å². The Morgan fingerprint density at radius 2 is 1.64 bits per heavy atom. The molecule has 2 fully saturated rings. The molecule has 4 aliphatic heterocycles. The Hall–Kier alpha value is -3.90. The molecule has 0 aromatic carbocycles. The van der Waals surface area contributed by atoms with E-state index < -0.39 is 23.7 Å². The number of hydroxylamine groups is 2. The first-order chi connectivity index (χ1) is 31.0. The molecule has 2 saturated heterocycles. The molecule has 7 rings (SSSR count). The number of rotatable bonds is 20. The number of carbonyl (C=O) groups excluding carboxylic acids is 3. The minimum absolute atomic E-state index is 0. The maximum atomic E-state index is 14.4. The third-order valence-corrected chi connectivity index (χ3v) is 15.3. The largest absolute Gasteiger partial charge is 2.00 e. The van der Waals surface area contributed by atoms with Crippen LogP contribution < -0.4 is 25.7 Å². The van der Waals surface area contributed by atoms with Crippen LogP contribution in [0, 0.1) is 49.4 Å². The summed E-state index contributed by atoms with van der Waals surface area (Å²) in [5, 5.41) is 7.33. The van der Waals surface area contributed by atoms with E-state index in [0.717, 1.165) is 81.2 Å². The molecule has 0 radical (unpaired) electrons. The van der Waals surface area contributed by atoms with Crippen LogP contribution in [0.5, 0.6) is 0 Å². The van der Waals surface area contributed by atoms with Crippen LogP contribution in [0.4, 0.5) is 0 Å². The number of Topliss-reactive ketones (excluding diaryl/α,β-unsaturated/α-hetero) is 1. The van der Waals surface area contributed by atoms with Gasteiger partial charge in [0.25, 0.3) is 0 Å². The molecular formula is C55H74MgN4O6. The summed E-state index contributed by atoms with van der Waals surface area (Å²) in [7, 11) is 1.31. The van der Waals surface area contributed by atoms with Gasteiger partial charge in [-0.15, -0.1) is 32.0 Å².